The molecule has 4 bridgehead atoms. The SMILES string of the molecule is CC1C2CC(CC2C(=O)OC(C)(C)C)C1C1C(=O)OC(=O)C1C1C(C)C2CCC1C(CO)C2. The van der Waals surface area contributed by atoms with E-state index in [1.54, 1.807) is 0 Å². The van der Waals surface area contributed by atoms with Gasteiger partial charge in [-0.3, -0.25) is 14.4 Å². The first-order chi connectivity index (χ1) is 15.5. The molecule has 1 N–H and O–H groups in total. The van der Waals surface area contributed by atoms with Gasteiger partial charge in [0.25, 0.3) is 0 Å². The van der Waals surface area contributed by atoms with E-state index < -0.39 is 17.4 Å². The van der Waals surface area contributed by atoms with Crippen LogP contribution < -0.4 is 0 Å². The third-order valence-corrected chi connectivity index (χ3v) is 10.3. The Hall–Kier alpha value is -1.43. The lowest BCUT2D eigenvalue weighted by molar-refractivity contribution is -0.163. The predicted molar refractivity (Wildman–Crippen MR) is 120 cm³/mol. The molecule has 0 spiro atoms. The molecule has 1 aliphatic heterocycles. The molecule has 33 heavy (non-hydrogen) atoms. The van der Waals surface area contributed by atoms with Gasteiger partial charge in [-0.1, -0.05) is 13.8 Å². The summed E-state index contributed by atoms with van der Waals surface area (Å²) in [6.45, 7) is 10.2. The summed E-state index contributed by atoms with van der Waals surface area (Å²) in [4.78, 5) is 39.1. The molecule has 5 saturated carbocycles. The van der Waals surface area contributed by atoms with E-state index in [1.807, 2.05) is 20.8 Å². The van der Waals surface area contributed by atoms with Crippen LogP contribution in [0.2, 0.25) is 0 Å². The number of cyclic esters (lactones) is 2. The van der Waals surface area contributed by atoms with E-state index in [0.29, 0.717) is 11.8 Å². The summed E-state index contributed by atoms with van der Waals surface area (Å²) < 4.78 is 11.0. The maximum absolute atomic E-state index is 13.1. The number of ether oxygens (including phenoxy) is 2. The number of carbonyl (C=O) groups is 3. The van der Waals surface area contributed by atoms with Crippen LogP contribution in [0.1, 0.15) is 66.7 Å². The van der Waals surface area contributed by atoms with Crippen molar-refractivity contribution in [3.05, 3.63) is 0 Å². The number of esters is 3. The van der Waals surface area contributed by atoms with E-state index in [0.717, 1.165) is 32.1 Å². The van der Waals surface area contributed by atoms with Crippen molar-refractivity contribution in [1.82, 2.24) is 0 Å². The van der Waals surface area contributed by atoms with Crippen molar-refractivity contribution in [3.8, 4) is 0 Å². The van der Waals surface area contributed by atoms with Crippen LogP contribution in [0.3, 0.4) is 0 Å². The average Bonchev–Trinajstić information content (AvgIpc) is 3.38. The topological polar surface area (TPSA) is 89.9 Å². The highest BCUT2D eigenvalue weighted by molar-refractivity contribution is 5.97. The van der Waals surface area contributed by atoms with Crippen molar-refractivity contribution >= 4 is 17.9 Å². The Labute approximate surface area is 197 Å². The standard InChI is InChI=1S/C27H40O6/c1-12-14-6-7-17(16(8-14)11-28)21(12)23-22(25(30)32-26(23)31)20-13(2)18-9-15(20)10-19(18)24(29)33-27(3,4)5/h12-23,28H,6-11H2,1-5H3. The van der Waals surface area contributed by atoms with Crippen LogP contribution in [0.4, 0.5) is 0 Å². The van der Waals surface area contributed by atoms with Gasteiger partial charge < -0.3 is 14.6 Å². The largest absolute Gasteiger partial charge is 0.460 e. The fourth-order valence-electron chi connectivity index (χ4n) is 9.13. The van der Waals surface area contributed by atoms with Gasteiger partial charge in [-0.05, 0) is 106 Å². The van der Waals surface area contributed by atoms with Crippen LogP contribution >= 0.6 is 0 Å². The van der Waals surface area contributed by atoms with E-state index in [-0.39, 0.29) is 71.9 Å². The highest BCUT2D eigenvalue weighted by Gasteiger charge is 2.64. The van der Waals surface area contributed by atoms with Crippen molar-refractivity contribution in [3.63, 3.8) is 0 Å². The van der Waals surface area contributed by atoms with Crippen LogP contribution in [0.25, 0.3) is 0 Å². The van der Waals surface area contributed by atoms with Crippen LogP contribution in [0.5, 0.6) is 0 Å². The van der Waals surface area contributed by atoms with Crippen LogP contribution in [0.15, 0.2) is 0 Å². The van der Waals surface area contributed by atoms with Crippen molar-refractivity contribution in [2.45, 2.75) is 72.3 Å². The second-order valence-corrected chi connectivity index (χ2v) is 12.9. The molecule has 12 unspecified atom stereocenters. The minimum absolute atomic E-state index is 0.0814. The third-order valence-electron chi connectivity index (χ3n) is 10.3. The molecule has 184 valence electrons. The summed E-state index contributed by atoms with van der Waals surface area (Å²) >= 11 is 0. The first kappa shape index (κ1) is 23.3. The molecule has 6 heteroatoms. The molecule has 0 radical (unpaired) electrons. The van der Waals surface area contributed by atoms with Crippen molar-refractivity contribution in [2.24, 2.45) is 71.0 Å². The Morgan fingerprint density at radius 2 is 1.61 bits per heavy atom. The van der Waals surface area contributed by atoms with Gasteiger partial charge in [-0.2, -0.15) is 0 Å². The lowest BCUT2D eigenvalue weighted by Gasteiger charge is -2.54. The first-order valence-electron chi connectivity index (χ1n) is 13.1. The van der Waals surface area contributed by atoms with E-state index in [1.165, 1.54) is 0 Å². The summed E-state index contributed by atoms with van der Waals surface area (Å²) in [6, 6.07) is 0. The van der Waals surface area contributed by atoms with Crippen molar-refractivity contribution in [1.29, 1.82) is 0 Å². The Balaban J connectivity index is 1.40. The number of carbonyl (C=O) groups excluding carboxylic acids is 3. The Bertz CT molecular complexity index is 827. The molecule has 0 aromatic rings. The molecule has 6 fully saturated rings. The zero-order valence-corrected chi connectivity index (χ0v) is 20.7. The number of rotatable bonds is 4. The Morgan fingerprint density at radius 3 is 2.21 bits per heavy atom. The number of hydrogen-bond donors (Lipinski definition) is 1. The van der Waals surface area contributed by atoms with Gasteiger partial charge in [-0.25, -0.2) is 0 Å². The van der Waals surface area contributed by atoms with Gasteiger partial charge in [0.1, 0.15) is 5.60 Å². The minimum atomic E-state index is -0.506. The minimum Gasteiger partial charge on any atom is -0.460 e. The number of aliphatic hydroxyl groups excluding tert-OH is 1. The molecule has 12 atom stereocenters. The molecule has 1 saturated heterocycles. The van der Waals surface area contributed by atoms with E-state index in [4.69, 9.17) is 9.47 Å². The molecule has 0 aromatic carbocycles. The molecular formula is C27H40O6. The summed E-state index contributed by atoms with van der Waals surface area (Å²) in [5.74, 6) is 0.450. The second kappa shape index (κ2) is 8.07. The Morgan fingerprint density at radius 1 is 0.939 bits per heavy atom. The van der Waals surface area contributed by atoms with Gasteiger partial charge in [-0.15, -0.1) is 0 Å². The summed E-state index contributed by atoms with van der Waals surface area (Å²) in [5, 5.41) is 10.0. The van der Waals surface area contributed by atoms with Gasteiger partial charge in [0, 0.05) is 6.61 Å². The zero-order valence-electron chi connectivity index (χ0n) is 20.7. The molecule has 1 heterocycles. The maximum Gasteiger partial charge on any atom is 0.317 e. The maximum atomic E-state index is 13.1. The van der Waals surface area contributed by atoms with Gasteiger partial charge in [0.15, 0.2) is 0 Å². The monoisotopic (exact) mass is 460 g/mol. The third kappa shape index (κ3) is 3.66. The van der Waals surface area contributed by atoms with Crippen molar-refractivity contribution < 1.29 is 29.0 Å². The highest BCUT2D eigenvalue weighted by Crippen LogP contribution is 2.63. The van der Waals surface area contributed by atoms with E-state index >= 15 is 0 Å². The lowest BCUT2D eigenvalue weighted by Crippen LogP contribution is -2.51. The first-order valence-corrected chi connectivity index (χ1v) is 13.1. The highest BCUT2D eigenvalue weighted by atomic mass is 16.6. The van der Waals surface area contributed by atoms with Crippen LogP contribution in [-0.2, 0) is 23.9 Å². The molecule has 0 amide bonds. The number of fused-ring (bicyclic) bond motifs is 5. The summed E-state index contributed by atoms with van der Waals surface area (Å²) in [7, 11) is 0. The summed E-state index contributed by atoms with van der Waals surface area (Å²) in [5.41, 5.74) is -0.506. The lowest BCUT2D eigenvalue weighted by atomic mass is 9.50. The van der Waals surface area contributed by atoms with Gasteiger partial charge >= 0.3 is 17.9 Å². The van der Waals surface area contributed by atoms with Crippen molar-refractivity contribution in [2.75, 3.05) is 6.61 Å². The smallest absolute Gasteiger partial charge is 0.317 e. The fourth-order valence-corrected chi connectivity index (χ4v) is 9.13. The molecule has 5 aliphatic carbocycles. The van der Waals surface area contributed by atoms with Gasteiger partial charge in [0.05, 0.1) is 17.8 Å². The fraction of sp³-hybridized carbons (Fsp3) is 0.889. The predicted octanol–water partition coefficient (Wildman–Crippen LogP) is 3.84. The van der Waals surface area contributed by atoms with E-state index in [2.05, 4.69) is 13.8 Å². The normalized spacial score (nSPS) is 48.9. The number of hydrogen-bond acceptors (Lipinski definition) is 6. The van der Waals surface area contributed by atoms with Gasteiger partial charge in [0.2, 0.25) is 0 Å². The molecule has 6 aliphatic rings. The van der Waals surface area contributed by atoms with E-state index in [9.17, 15) is 19.5 Å². The van der Waals surface area contributed by atoms with Crippen LogP contribution in [0, 0.1) is 71.0 Å². The molecule has 6 nitrogen and oxygen atoms in total. The Kier molecular flexibility index (Phi) is 5.70. The second-order valence-electron chi connectivity index (χ2n) is 12.9. The molecular weight excluding hydrogens is 420 g/mol. The zero-order chi connectivity index (χ0) is 23.8. The molecule has 0 aromatic heterocycles. The summed E-state index contributed by atoms with van der Waals surface area (Å²) in [6.07, 6.45) is 4.88. The quantitative estimate of drug-likeness (QED) is 0.506. The number of aliphatic hydroxyl groups is 1. The van der Waals surface area contributed by atoms with Crippen LogP contribution in [-0.4, -0.2) is 35.2 Å². The molecule has 6 rings (SSSR count). The average molecular weight is 461 g/mol.